The van der Waals surface area contributed by atoms with E-state index in [4.69, 9.17) is 11.5 Å². The molecule has 28 heavy (non-hydrogen) atoms. The van der Waals surface area contributed by atoms with Gasteiger partial charge in [0.1, 0.15) is 0 Å². The summed E-state index contributed by atoms with van der Waals surface area (Å²) < 4.78 is 36.6. The quantitative estimate of drug-likeness (QED) is 0.483. The van der Waals surface area contributed by atoms with Gasteiger partial charge in [-0.1, -0.05) is 55.3 Å². The molecule has 0 aliphatic rings. The van der Waals surface area contributed by atoms with Gasteiger partial charge in [-0.25, -0.2) is 0 Å². The molecule has 7 heteroatoms. The van der Waals surface area contributed by atoms with Gasteiger partial charge >= 0.3 is 6.18 Å². The summed E-state index contributed by atoms with van der Waals surface area (Å²) in [5.41, 5.74) is 14.6. The number of hydrogen-bond donors (Lipinski definition) is 2. The molecule has 1 unspecified atom stereocenters. The third-order valence-electron chi connectivity index (χ3n) is 4.62. The third kappa shape index (κ3) is 5.84. The lowest BCUT2D eigenvalue weighted by Crippen LogP contribution is -2.22. The second-order valence-electron chi connectivity index (χ2n) is 6.69. The third-order valence-corrected chi connectivity index (χ3v) is 4.62. The number of para-hydroxylation sites is 1. The monoisotopic (exact) mass is 392 g/mol. The van der Waals surface area contributed by atoms with Gasteiger partial charge in [0.2, 0.25) is 11.7 Å². The van der Waals surface area contributed by atoms with Crippen LogP contribution >= 0.6 is 0 Å². The summed E-state index contributed by atoms with van der Waals surface area (Å²) in [4.78, 5) is 22.8. The second kappa shape index (κ2) is 9.39. The summed E-state index contributed by atoms with van der Waals surface area (Å²) in [6, 6.07) is 14.7. The number of amides is 1. The van der Waals surface area contributed by atoms with Gasteiger partial charge in [-0.3, -0.25) is 9.59 Å². The Labute approximate surface area is 161 Å². The van der Waals surface area contributed by atoms with Crippen molar-refractivity contribution in [2.45, 2.75) is 44.2 Å². The summed E-state index contributed by atoms with van der Waals surface area (Å²) in [5.74, 6) is -2.76. The maximum atomic E-state index is 12.2. The smallest absolute Gasteiger partial charge is 0.398 e. The summed E-state index contributed by atoms with van der Waals surface area (Å²) in [6.45, 7) is 0. The first-order valence-electron chi connectivity index (χ1n) is 9.04. The highest BCUT2D eigenvalue weighted by atomic mass is 19.4. The Bertz CT molecular complexity index is 834. The Balaban J connectivity index is 2.01. The first kappa shape index (κ1) is 21.5. The van der Waals surface area contributed by atoms with Crippen molar-refractivity contribution < 1.29 is 22.8 Å². The van der Waals surface area contributed by atoms with Gasteiger partial charge < -0.3 is 11.5 Å². The van der Waals surface area contributed by atoms with Gasteiger partial charge in [0.15, 0.2) is 0 Å². The lowest BCUT2D eigenvalue weighted by Gasteiger charge is -2.15. The van der Waals surface area contributed by atoms with E-state index in [2.05, 4.69) is 0 Å². The zero-order valence-corrected chi connectivity index (χ0v) is 15.3. The van der Waals surface area contributed by atoms with E-state index in [-0.39, 0.29) is 6.42 Å². The summed E-state index contributed by atoms with van der Waals surface area (Å²) in [7, 11) is 0. The molecular weight excluding hydrogens is 369 g/mol. The molecule has 0 spiro atoms. The Hall–Kier alpha value is -2.83. The minimum atomic E-state index is -4.78. The van der Waals surface area contributed by atoms with Crippen molar-refractivity contribution >= 4 is 17.4 Å². The van der Waals surface area contributed by atoms with Crippen molar-refractivity contribution in [3.05, 3.63) is 54.1 Å². The summed E-state index contributed by atoms with van der Waals surface area (Å²) in [5, 5.41) is 0. The predicted molar refractivity (Wildman–Crippen MR) is 102 cm³/mol. The number of primary amides is 1. The Kier molecular flexibility index (Phi) is 7.20. The molecule has 1 atom stereocenters. The molecule has 0 aliphatic heterocycles. The van der Waals surface area contributed by atoms with Crippen LogP contribution in [0, 0.1) is 0 Å². The number of rotatable bonds is 9. The van der Waals surface area contributed by atoms with Crippen molar-refractivity contribution in [3.63, 3.8) is 0 Å². The van der Waals surface area contributed by atoms with Crippen LogP contribution in [-0.4, -0.2) is 17.9 Å². The molecule has 150 valence electrons. The Morgan fingerprint density at radius 2 is 1.68 bits per heavy atom. The van der Waals surface area contributed by atoms with Crippen LogP contribution in [-0.2, 0) is 9.59 Å². The minimum Gasteiger partial charge on any atom is -0.398 e. The number of alkyl halides is 3. The molecule has 0 aliphatic carbocycles. The van der Waals surface area contributed by atoms with Crippen molar-refractivity contribution in [3.8, 4) is 11.1 Å². The van der Waals surface area contributed by atoms with E-state index in [0.29, 0.717) is 24.9 Å². The van der Waals surface area contributed by atoms with E-state index in [9.17, 15) is 22.8 Å². The van der Waals surface area contributed by atoms with Crippen LogP contribution < -0.4 is 11.5 Å². The highest BCUT2D eigenvalue weighted by molar-refractivity contribution is 5.84. The fraction of sp³-hybridized carbons (Fsp3) is 0.333. The van der Waals surface area contributed by atoms with Crippen molar-refractivity contribution in [2.75, 3.05) is 5.73 Å². The molecule has 4 nitrogen and oxygen atoms in total. The fourth-order valence-electron chi connectivity index (χ4n) is 3.11. The summed E-state index contributed by atoms with van der Waals surface area (Å²) in [6.07, 6.45) is -3.87. The molecular formula is C21H23F3N2O2. The highest BCUT2D eigenvalue weighted by Gasteiger charge is 2.37. The first-order valence-corrected chi connectivity index (χ1v) is 9.04. The van der Waals surface area contributed by atoms with Gasteiger partial charge in [-0.05, 0) is 30.0 Å². The average molecular weight is 392 g/mol. The van der Waals surface area contributed by atoms with Crippen LogP contribution in [0.2, 0.25) is 0 Å². The van der Waals surface area contributed by atoms with Crippen molar-refractivity contribution in [2.24, 2.45) is 5.73 Å². The first-order chi connectivity index (χ1) is 13.2. The number of nitrogen functional groups attached to an aromatic ring is 1. The summed E-state index contributed by atoms with van der Waals surface area (Å²) >= 11 is 0. The predicted octanol–water partition coefficient (Wildman–Crippen LogP) is 4.59. The van der Waals surface area contributed by atoms with Crippen LogP contribution in [0.4, 0.5) is 18.9 Å². The molecule has 2 aromatic rings. The average Bonchev–Trinajstić information content (AvgIpc) is 2.63. The minimum absolute atomic E-state index is 0.129. The topological polar surface area (TPSA) is 86.2 Å². The number of hydrogen-bond acceptors (Lipinski definition) is 3. The van der Waals surface area contributed by atoms with Gasteiger partial charge in [-0.15, -0.1) is 0 Å². The van der Waals surface area contributed by atoms with Crippen molar-refractivity contribution in [1.82, 2.24) is 0 Å². The van der Waals surface area contributed by atoms with Gasteiger partial charge in [0.05, 0.1) is 5.92 Å². The molecule has 0 heterocycles. The maximum Gasteiger partial charge on any atom is 0.449 e. The van der Waals surface area contributed by atoms with Crippen LogP contribution in [0.25, 0.3) is 11.1 Å². The Morgan fingerprint density at radius 3 is 2.32 bits per heavy atom. The van der Waals surface area contributed by atoms with Crippen LogP contribution in [0.3, 0.4) is 0 Å². The van der Waals surface area contributed by atoms with Gasteiger partial charge in [-0.2, -0.15) is 13.2 Å². The molecule has 0 radical (unpaired) electrons. The number of benzene rings is 2. The highest BCUT2D eigenvalue weighted by Crippen LogP contribution is 2.30. The molecule has 0 saturated carbocycles. The largest absolute Gasteiger partial charge is 0.449 e. The van der Waals surface area contributed by atoms with Crippen LogP contribution in [0.5, 0.6) is 0 Å². The number of nitrogens with two attached hydrogens (primary N) is 2. The number of carbonyl (C=O) groups excluding carboxylic acids is 2. The van der Waals surface area contributed by atoms with E-state index in [0.717, 1.165) is 16.7 Å². The molecule has 4 N–H and O–H groups in total. The van der Waals surface area contributed by atoms with E-state index < -0.39 is 30.2 Å². The number of Topliss-reactive ketones (excluding diaryl/α,β-unsaturated/α-hetero) is 1. The van der Waals surface area contributed by atoms with Crippen LogP contribution in [0.1, 0.15) is 43.6 Å². The maximum absolute atomic E-state index is 12.2. The lowest BCUT2D eigenvalue weighted by molar-refractivity contribution is -0.171. The van der Waals surface area contributed by atoms with Gasteiger partial charge in [0.25, 0.3) is 0 Å². The number of ketones is 1. The Morgan fingerprint density at radius 1 is 0.964 bits per heavy atom. The molecule has 2 rings (SSSR count). The normalized spacial score (nSPS) is 12.5. The number of unbranched alkanes of at least 4 members (excludes halogenated alkanes) is 2. The molecule has 0 bridgehead atoms. The fourth-order valence-corrected chi connectivity index (χ4v) is 3.11. The molecule has 0 aromatic heterocycles. The van der Waals surface area contributed by atoms with E-state index in [1.54, 1.807) is 12.1 Å². The second-order valence-corrected chi connectivity index (χ2v) is 6.69. The molecule has 0 fully saturated rings. The molecule has 2 aromatic carbocycles. The van der Waals surface area contributed by atoms with E-state index in [1.165, 1.54) is 0 Å². The zero-order chi connectivity index (χ0) is 20.7. The van der Waals surface area contributed by atoms with E-state index >= 15 is 0 Å². The number of halogens is 3. The van der Waals surface area contributed by atoms with Crippen molar-refractivity contribution in [1.29, 1.82) is 0 Å². The van der Waals surface area contributed by atoms with Crippen LogP contribution in [0.15, 0.2) is 48.5 Å². The van der Waals surface area contributed by atoms with E-state index in [1.807, 2.05) is 36.4 Å². The lowest BCUT2D eigenvalue weighted by atomic mass is 9.90. The number of anilines is 1. The molecule has 0 saturated heterocycles. The standard InChI is InChI=1S/C21H23F3N2O2/c22-21(23,24)19(27)12-3-1-2-10-17(20(26)28)15-8-6-7-14(13-15)16-9-4-5-11-18(16)25/h4-9,11,13,17H,1-3,10,12,25H2,(H2,26,28). The van der Waals surface area contributed by atoms with Gasteiger partial charge in [0, 0.05) is 17.7 Å². The zero-order valence-electron chi connectivity index (χ0n) is 15.3. The SMILES string of the molecule is NC(=O)C(CCCCCC(=O)C(F)(F)F)c1cccc(-c2ccccc2N)c1. The number of carbonyl (C=O) groups is 2. The molecule has 1 amide bonds.